The molecule has 1 saturated heterocycles. The van der Waals surface area contributed by atoms with Gasteiger partial charge in [-0.3, -0.25) is 9.58 Å². The third-order valence-corrected chi connectivity index (χ3v) is 5.94. The van der Waals surface area contributed by atoms with E-state index >= 15 is 0 Å². The number of halogens is 1. The maximum absolute atomic E-state index is 13.4. The fraction of sp³-hybridized carbons (Fsp3) is 0.444. The van der Waals surface area contributed by atoms with Gasteiger partial charge in [0, 0.05) is 44.4 Å². The molecule has 4 rings (SSSR count). The predicted octanol–water partition coefficient (Wildman–Crippen LogP) is 3.75. The van der Waals surface area contributed by atoms with Crippen molar-refractivity contribution in [3.8, 4) is 11.5 Å². The molecule has 2 aromatic carbocycles. The van der Waals surface area contributed by atoms with E-state index in [9.17, 15) is 9.50 Å². The summed E-state index contributed by atoms with van der Waals surface area (Å²) in [5, 5.41) is 15.6. The third kappa shape index (κ3) is 7.52. The van der Waals surface area contributed by atoms with E-state index in [-0.39, 0.29) is 19.0 Å². The highest BCUT2D eigenvalue weighted by Gasteiger charge is 2.33. The Hall–Kier alpha value is -2.94. The van der Waals surface area contributed by atoms with Crippen LogP contribution in [0.25, 0.3) is 0 Å². The van der Waals surface area contributed by atoms with Gasteiger partial charge in [-0.2, -0.15) is 5.10 Å². The normalized spacial score (nSPS) is 18.9. The Morgan fingerprint density at radius 2 is 1.89 bits per heavy atom. The van der Waals surface area contributed by atoms with Crippen molar-refractivity contribution in [2.75, 3.05) is 39.5 Å². The number of aliphatic hydroxyl groups is 1. The molecule has 1 aliphatic heterocycles. The van der Waals surface area contributed by atoms with E-state index in [4.69, 9.17) is 14.2 Å². The van der Waals surface area contributed by atoms with Crippen LogP contribution in [0, 0.1) is 19.7 Å². The zero-order valence-electron chi connectivity index (χ0n) is 20.5. The van der Waals surface area contributed by atoms with Gasteiger partial charge in [0.2, 0.25) is 0 Å². The Labute approximate surface area is 206 Å². The van der Waals surface area contributed by atoms with E-state index in [0.29, 0.717) is 38.6 Å². The number of hydrogen-bond acceptors (Lipinski definition) is 6. The first-order valence-corrected chi connectivity index (χ1v) is 12.0. The standard InChI is InChI=1S/C27H34FN3O4/c1-21-14-22(2)31(29-21)10-5-12-34-25-8-3-6-23(15-25)17-30-11-13-33-19-27(32,18-30)20-35-26-9-4-7-24(28)16-26/h3-4,6-9,14-16,32H,5,10-13,17-20H2,1-2H3. The van der Waals surface area contributed by atoms with Crippen LogP contribution in [0.2, 0.25) is 0 Å². The first-order valence-electron chi connectivity index (χ1n) is 12.0. The van der Waals surface area contributed by atoms with Crippen LogP contribution in [0.1, 0.15) is 23.4 Å². The van der Waals surface area contributed by atoms with Gasteiger partial charge in [-0.05, 0) is 49.7 Å². The van der Waals surface area contributed by atoms with Gasteiger partial charge >= 0.3 is 0 Å². The first-order chi connectivity index (χ1) is 16.9. The number of hydrogen-bond donors (Lipinski definition) is 1. The largest absolute Gasteiger partial charge is 0.494 e. The smallest absolute Gasteiger partial charge is 0.134 e. The third-order valence-electron chi connectivity index (χ3n) is 5.94. The van der Waals surface area contributed by atoms with Gasteiger partial charge in [0.05, 0.1) is 25.5 Å². The first kappa shape index (κ1) is 25.2. The molecule has 0 aliphatic carbocycles. The minimum atomic E-state index is -1.19. The van der Waals surface area contributed by atoms with Gasteiger partial charge in [-0.1, -0.05) is 18.2 Å². The van der Waals surface area contributed by atoms with Crippen LogP contribution < -0.4 is 9.47 Å². The van der Waals surface area contributed by atoms with E-state index in [2.05, 4.69) is 29.1 Å². The second-order valence-corrected chi connectivity index (χ2v) is 9.23. The van der Waals surface area contributed by atoms with Crippen LogP contribution in [0.15, 0.2) is 54.6 Å². The molecule has 2 heterocycles. The molecule has 0 spiro atoms. The van der Waals surface area contributed by atoms with Crippen molar-refractivity contribution >= 4 is 0 Å². The van der Waals surface area contributed by atoms with Crippen LogP contribution in [0.4, 0.5) is 4.39 Å². The summed E-state index contributed by atoms with van der Waals surface area (Å²) in [6, 6.07) is 16.0. The summed E-state index contributed by atoms with van der Waals surface area (Å²) in [7, 11) is 0. The molecule has 1 aliphatic rings. The zero-order chi connectivity index (χ0) is 24.7. The van der Waals surface area contributed by atoms with Crippen molar-refractivity contribution in [3.05, 3.63) is 77.4 Å². The van der Waals surface area contributed by atoms with Crippen LogP contribution in [-0.4, -0.2) is 64.9 Å². The summed E-state index contributed by atoms with van der Waals surface area (Å²) in [6.07, 6.45) is 0.869. The highest BCUT2D eigenvalue weighted by molar-refractivity contribution is 5.28. The average Bonchev–Trinajstić information content (AvgIpc) is 3.03. The molecule has 1 unspecified atom stereocenters. The lowest BCUT2D eigenvalue weighted by atomic mass is 10.1. The Kier molecular flexibility index (Phi) is 8.38. The van der Waals surface area contributed by atoms with Gasteiger partial charge in [0.25, 0.3) is 0 Å². The zero-order valence-corrected chi connectivity index (χ0v) is 20.5. The second-order valence-electron chi connectivity index (χ2n) is 9.23. The molecule has 0 amide bonds. The van der Waals surface area contributed by atoms with Crippen LogP contribution in [0.3, 0.4) is 0 Å². The Balaban J connectivity index is 1.28. The Bertz CT molecular complexity index is 1110. The van der Waals surface area contributed by atoms with E-state index in [1.165, 1.54) is 12.1 Å². The Morgan fingerprint density at radius 1 is 1.09 bits per heavy atom. The average molecular weight is 484 g/mol. The molecule has 1 aromatic heterocycles. The van der Waals surface area contributed by atoms with Crippen molar-refractivity contribution in [2.24, 2.45) is 0 Å². The van der Waals surface area contributed by atoms with E-state index in [1.807, 2.05) is 29.8 Å². The molecule has 1 N–H and O–H groups in total. The van der Waals surface area contributed by atoms with Gasteiger partial charge in [0.15, 0.2) is 0 Å². The van der Waals surface area contributed by atoms with Crippen molar-refractivity contribution < 1.29 is 23.7 Å². The van der Waals surface area contributed by atoms with Crippen LogP contribution >= 0.6 is 0 Å². The molecule has 3 aromatic rings. The van der Waals surface area contributed by atoms with Crippen molar-refractivity contribution in [3.63, 3.8) is 0 Å². The molecule has 1 fully saturated rings. The SMILES string of the molecule is Cc1cc(C)n(CCCOc2cccc(CN3CCOCC(O)(COc4cccc(F)c4)C3)c2)n1. The highest BCUT2D eigenvalue weighted by atomic mass is 19.1. The summed E-state index contributed by atoms with van der Waals surface area (Å²) in [6.45, 7) is 7.92. The summed E-state index contributed by atoms with van der Waals surface area (Å²) in [5.41, 5.74) is 2.09. The summed E-state index contributed by atoms with van der Waals surface area (Å²) in [5.74, 6) is 0.838. The number of aryl methyl sites for hydroxylation is 3. The molecule has 8 heteroatoms. The molecule has 0 radical (unpaired) electrons. The Morgan fingerprint density at radius 3 is 2.66 bits per heavy atom. The lowest BCUT2D eigenvalue weighted by Gasteiger charge is -2.30. The fourth-order valence-electron chi connectivity index (χ4n) is 4.29. The number of benzene rings is 2. The maximum atomic E-state index is 13.4. The second kappa shape index (κ2) is 11.7. The number of rotatable bonds is 10. The van der Waals surface area contributed by atoms with Gasteiger partial charge in [-0.25, -0.2) is 4.39 Å². The molecule has 35 heavy (non-hydrogen) atoms. The van der Waals surface area contributed by atoms with Gasteiger partial charge in [-0.15, -0.1) is 0 Å². The molecule has 7 nitrogen and oxygen atoms in total. The fourth-order valence-corrected chi connectivity index (χ4v) is 4.29. The van der Waals surface area contributed by atoms with E-state index in [1.54, 1.807) is 12.1 Å². The lowest BCUT2D eigenvalue weighted by molar-refractivity contribution is -0.0647. The molecule has 1 atom stereocenters. The van der Waals surface area contributed by atoms with E-state index < -0.39 is 5.60 Å². The lowest BCUT2D eigenvalue weighted by Crippen LogP contribution is -2.48. The quantitative estimate of drug-likeness (QED) is 0.443. The summed E-state index contributed by atoms with van der Waals surface area (Å²) in [4.78, 5) is 2.14. The number of aromatic nitrogens is 2. The number of β-amino-alcohol motifs (C(OH)–C–C–N with tert-alkyl or cyclic N) is 1. The van der Waals surface area contributed by atoms with E-state index in [0.717, 1.165) is 35.7 Å². The van der Waals surface area contributed by atoms with Gasteiger partial charge in [0.1, 0.15) is 29.5 Å². The number of nitrogens with zero attached hydrogens (tertiary/aromatic N) is 3. The molecular formula is C27H34FN3O4. The predicted molar refractivity (Wildman–Crippen MR) is 131 cm³/mol. The monoisotopic (exact) mass is 483 g/mol. The minimum Gasteiger partial charge on any atom is -0.494 e. The summed E-state index contributed by atoms with van der Waals surface area (Å²) < 4.78 is 32.7. The molecule has 188 valence electrons. The maximum Gasteiger partial charge on any atom is 0.134 e. The summed E-state index contributed by atoms with van der Waals surface area (Å²) >= 11 is 0. The van der Waals surface area contributed by atoms with Gasteiger partial charge < -0.3 is 19.3 Å². The van der Waals surface area contributed by atoms with Crippen molar-refractivity contribution in [2.45, 2.75) is 39.0 Å². The minimum absolute atomic E-state index is 0.0192. The molecular weight excluding hydrogens is 449 g/mol. The van der Waals surface area contributed by atoms with Crippen LogP contribution in [-0.2, 0) is 17.8 Å². The molecule has 0 bridgehead atoms. The number of ether oxygens (including phenoxy) is 3. The van der Waals surface area contributed by atoms with Crippen molar-refractivity contribution in [1.82, 2.24) is 14.7 Å². The van der Waals surface area contributed by atoms with Crippen molar-refractivity contribution in [1.29, 1.82) is 0 Å². The topological polar surface area (TPSA) is 69.0 Å². The molecule has 0 saturated carbocycles. The van der Waals surface area contributed by atoms with Crippen LogP contribution in [0.5, 0.6) is 11.5 Å². The highest BCUT2D eigenvalue weighted by Crippen LogP contribution is 2.21.